The van der Waals surface area contributed by atoms with Crippen molar-refractivity contribution in [1.82, 2.24) is 14.7 Å². The lowest BCUT2D eigenvalue weighted by Crippen LogP contribution is -2.42. The second-order valence-electron chi connectivity index (χ2n) is 8.23. The molecule has 0 bridgehead atoms. The highest BCUT2D eigenvalue weighted by molar-refractivity contribution is 5.88. The maximum Gasteiger partial charge on any atom is 0.334 e. The summed E-state index contributed by atoms with van der Waals surface area (Å²) in [6.45, 7) is 7.58. The SMILES string of the molecule is C=c1ccc(C(F)(F)C(=N)n2nc(-c3ccc(N)c(F)c3)ccc2=N)c(F)/c1=C/N(C)C(C)CC. The lowest BCUT2D eigenvalue weighted by molar-refractivity contribution is 0.0651. The molecule has 4 N–H and O–H groups in total. The molecule has 10 heteroatoms. The van der Waals surface area contributed by atoms with Gasteiger partial charge >= 0.3 is 5.92 Å². The summed E-state index contributed by atoms with van der Waals surface area (Å²) in [5.41, 5.74) is 4.02. The zero-order valence-electron chi connectivity index (χ0n) is 19.5. The van der Waals surface area contributed by atoms with E-state index in [2.05, 4.69) is 11.7 Å². The number of alkyl halides is 2. The lowest BCUT2D eigenvalue weighted by Gasteiger charge is -2.23. The Balaban J connectivity index is 2.11. The molecule has 0 saturated carbocycles. The second kappa shape index (κ2) is 9.73. The number of benzene rings is 2. The number of hydrogen-bond acceptors (Lipinski definition) is 5. The van der Waals surface area contributed by atoms with Crippen LogP contribution >= 0.6 is 0 Å². The van der Waals surface area contributed by atoms with Gasteiger partial charge in [-0.2, -0.15) is 18.6 Å². The van der Waals surface area contributed by atoms with E-state index in [0.29, 0.717) is 4.68 Å². The molecule has 0 aliphatic rings. The number of halogens is 4. The molecule has 3 rings (SSSR count). The topological polar surface area (TPSA) is 94.8 Å². The molecule has 35 heavy (non-hydrogen) atoms. The first-order valence-corrected chi connectivity index (χ1v) is 10.8. The van der Waals surface area contributed by atoms with Crippen molar-refractivity contribution < 1.29 is 17.6 Å². The predicted octanol–water partition coefficient (Wildman–Crippen LogP) is 3.39. The predicted molar refractivity (Wildman–Crippen MR) is 128 cm³/mol. The summed E-state index contributed by atoms with van der Waals surface area (Å²) in [6.07, 6.45) is 2.16. The van der Waals surface area contributed by atoms with Gasteiger partial charge in [0.2, 0.25) is 0 Å². The fraction of sp³-hybridized carbons (Fsp3) is 0.240. The van der Waals surface area contributed by atoms with Gasteiger partial charge in [0.25, 0.3) is 0 Å². The number of hydrogen-bond donors (Lipinski definition) is 3. The van der Waals surface area contributed by atoms with Crippen molar-refractivity contribution in [2.45, 2.75) is 32.2 Å². The number of nitrogens with zero attached hydrogens (tertiary/aromatic N) is 3. The first kappa shape index (κ1) is 25.7. The summed E-state index contributed by atoms with van der Waals surface area (Å²) in [5.74, 6) is -7.52. The number of anilines is 1. The van der Waals surface area contributed by atoms with Crippen LogP contribution in [0.4, 0.5) is 23.2 Å². The molecule has 0 aliphatic carbocycles. The quantitative estimate of drug-likeness (QED) is 0.216. The lowest BCUT2D eigenvalue weighted by atomic mass is 10.0. The van der Waals surface area contributed by atoms with E-state index < -0.39 is 34.4 Å². The summed E-state index contributed by atoms with van der Waals surface area (Å²) in [7, 11) is 1.71. The summed E-state index contributed by atoms with van der Waals surface area (Å²) in [4.78, 5) is 1.70. The van der Waals surface area contributed by atoms with Gasteiger partial charge in [0.15, 0.2) is 5.84 Å². The van der Waals surface area contributed by atoms with Crippen LogP contribution in [-0.2, 0) is 5.92 Å². The third-order valence-corrected chi connectivity index (χ3v) is 5.87. The minimum atomic E-state index is -4.15. The smallest absolute Gasteiger partial charge is 0.334 e. The highest BCUT2D eigenvalue weighted by Gasteiger charge is 2.42. The largest absolute Gasteiger partial charge is 0.396 e. The van der Waals surface area contributed by atoms with Crippen molar-refractivity contribution in [3.05, 3.63) is 75.6 Å². The van der Waals surface area contributed by atoms with E-state index in [4.69, 9.17) is 16.6 Å². The monoisotopic (exact) mass is 486 g/mol. The number of aromatic nitrogens is 2. The van der Waals surface area contributed by atoms with Crippen LogP contribution in [-0.4, -0.2) is 33.6 Å². The van der Waals surface area contributed by atoms with Crippen molar-refractivity contribution in [2.24, 2.45) is 0 Å². The van der Waals surface area contributed by atoms with Gasteiger partial charge in [-0.3, -0.25) is 10.8 Å². The molecule has 1 heterocycles. The Kier molecular flexibility index (Phi) is 7.14. The Labute approximate surface area is 199 Å². The Morgan fingerprint density at radius 1 is 1.23 bits per heavy atom. The van der Waals surface area contributed by atoms with E-state index in [1.807, 2.05) is 13.8 Å². The Morgan fingerprint density at radius 2 is 1.91 bits per heavy atom. The Hall–Kier alpha value is -3.95. The molecule has 0 amide bonds. The van der Waals surface area contributed by atoms with Crippen molar-refractivity contribution in [1.29, 1.82) is 10.8 Å². The van der Waals surface area contributed by atoms with Crippen LogP contribution in [0.25, 0.3) is 24.0 Å². The van der Waals surface area contributed by atoms with Crippen LogP contribution in [0.5, 0.6) is 0 Å². The first-order chi connectivity index (χ1) is 16.4. The van der Waals surface area contributed by atoms with Crippen LogP contribution in [0.1, 0.15) is 25.8 Å². The summed E-state index contributed by atoms with van der Waals surface area (Å²) in [6, 6.07) is 8.40. The molecular formula is C25H26F4N6. The van der Waals surface area contributed by atoms with Crippen molar-refractivity contribution >= 4 is 24.3 Å². The van der Waals surface area contributed by atoms with Crippen molar-refractivity contribution in [3.63, 3.8) is 0 Å². The molecule has 6 nitrogen and oxygen atoms in total. The van der Waals surface area contributed by atoms with Crippen molar-refractivity contribution in [3.8, 4) is 11.3 Å². The number of nitrogens with two attached hydrogens (primary N) is 1. The highest BCUT2D eigenvalue weighted by Crippen LogP contribution is 2.30. The molecule has 0 fully saturated rings. The summed E-state index contributed by atoms with van der Waals surface area (Å²) in [5, 5.41) is 20.1. The molecule has 0 radical (unpaired) electrons. The maximum absolute atomic E-state index is 15.5. The van der Waals surface area contributed by atoms with Crippen LogP contribution in [0.3, 0.4) is 0 Å². The van der Waals surface area contributed by atoms with Crippen LogP contribution in [0.15, 0.2) is 42.5 Å². The Morgan fingerprint density at radius 3 is 2.54 bits per heavy atom. The average molecular weight is 487 g/mol. The van der Waals surface area contributed by atoms with Gasteiger partial charge in [0.1, 0.15) is 17.1 Å². The van der Waals surface area contributed by atoms with Gasteiger partial charge in [0, 0.05) is 30.1 Å². The van der Waals surface area contributed by atoms with Gasteiger partial charge in [-0.15, -0.1) is 0 Å². The molecule has 0 spiro atoms. The van der Waals surface area contributed by atoms with Crippen LogP contribution < -0.4 is 21.7 Å². The number of nitrogens with one attached hydrogen (secondary N) is 2. The fourth-order valence-corrected chi connectivity index (χ4v) is 3.33. The van der Waals surface area contributed by atoms with E-state index in [1.165, 1.54) is 30.5 Å². The van der Waals surface area contributed by atoms with Crippen LogP contribution in [0.2, 0.25) is 0 Å². The van der Waals surface area contributed by atoms with Crippen LogP contribution in [0, 0.1) is 22.5 Å². The van der Waals surface area contributed by atoms with Gasteiger partial charge < -0.3 is 10.6 Å². The molecule has 0 saturated heterocycles. The molecule has 184 valence electrons. The van der Waals surface area contributed by atoms with E-state index >= 15 is 13.2 Å². The average Bonchev–Trinajstić information content (AvgIpc) is 2.82. The number of rotatable bonds is 6. The molecule has 1 aromatic heterocycles. The zero-order chi connectivity index (χ0) is 26.1. The highest BCUT2D eigenvalue weighted by atomic mass is 19.3. The first-order valence-electron chi connectivity index (χ1n) is 10.8. The van der Waals surface area contributed by atoms with E-state index in [-0.39, 0.29) is 33.4 Å². The van der Waals surface area contributed by atoms with Crippen molar-refractivity contribution in [2.75, 3.05) is 12.8 Å². The minimum absolute atomic E-state index is 0.0261. The Bertz CT molecular complexity index is 1450. The minimum Gasteiger partial charge on any atom is -0.396 e. The number of nitrogen functional groups attached to an aromatic ring is 1. The zero-order valence-corrected chi connectivity index (χ0v) is 19.5. The molecule has 2 aromatic carbocycles. The summed E-state index contributed by atoms with van der Waals surface area (Å²) >= 11 is 0. The fourth-order valence-electron chi connectivity index (χ4n) is 3.33. The molecule has 0 aliphatic heterocycles. The maximum atomic E-state index is 15.5. The van der Waals surface area contributed by atoms with E-state index in [0.717, 1.165) is 24.6 Å². The third kappa shape index (κ3) is 4.96. The molecule has 1 unspecified atom stereocenters. The third-order valence-electron chi connectivity index (χ3n) is 5.87. The summed E-state index contributed by atoms with van der Waals surface area (Å²) < 4.78 is 60.6. The molecule has 3 aromatic rings. The van der Waals surface area contributed by atoms with Gasteiger partial charge in [-0.25, -0.2) is 8.78 Å². The van der Waals surface area contributed by atoms with E-state index in [9.17, 15) is 4.39 Å². The van der Waals surface area contributed by atoms with Gasteiger partial charge in [-0.1, -0.05) is 25.6 Å². The van der Waals surface area contributed by atoms with Gasteiger partial charge in [0.05, 0.1) is 16.9 Å². The molecule has 1 atom stereocenters. The normalized spacial score (nSPS) is 13.1. The second-order valence-corrected chi connectivity index (χ2v) is 8.23. The standard InChI is InChI=1S/C25H26F4N6/c1-5-15(3)34(4)13-17-14(2)6-8-18(23(17)27)25(28,29)24(32)35-22(31)11-10-21(33-35)16-7-9-20(30)19(26)12-16/h6-13,15,31-32H,2,5,30H2,1,3-4H3/b17-13+,31-22?,32-24?. The molecular weight excluding hydrogens is 460 g/mol. The van der Waals surface area contributed by atoms with E-state index in [1.54, 1.807) is 11.9 Å². The van der Waals surface area contributed by atoms with Gasteiger partial charge in [-0.05, 0) is 48.9 Å².